The number of rotatable bonds is 2. The van der Waals surface area contributed by atoms with Gasteiger partial charge in [-0.2, -0.15) is 5.26 Å². The summed E-state index contributed by atoms with van der Waals surface area (Å²) in [5.41, 5.74) is 8.70. The minimum atomic E-state index is 0.395. The molecule has 1 aliphatic rings. The van der Waals surface area contributed by atoms with E-state index in [0.717, 1.165) is 18.5 Å². The molecular weight excluding hydrogens is 212 g/mol. The normalized spacial score (nSPS) is 14.9. The number of para-hydroxylation sites is 1. The van der Waals surface area contributed by atoms with Crippen LogP contribution in [-0.2, 0) is 0 Å². The van der Waals surface area contributed by atoms with E-state index in [-0.39, 0.29) is 0 Å². The number of anilines is 1. The second-order valence-corrected chi connectivity index (χ2v) is 3.95. The Hall–Kier alpha value is -2.12. The topological polar surface area (TPSA) is 85.7 Å². The van der Waals surface area contributed by atoms with Gasteiger partial charge >= 0.3 is 0 Å². The first-order chi connectivity index (χ1) is 8.24. The average Bonchev–Trinajstić information content (AvgIpc) is 2.39. The van der Waals surface area contributed by atoms with E-state index in [1.54, 1.807) is 18.2 Å². The van der Waals surface area contributed by atoms with Crippen molar-refractivity contribution in [1.82, 2.24) is 5.32 Å². The zero-order valence-electron chi connectivity index (χ0n) is 9.46. The van der Waals surface area contributed by atoms with Gasteiger partial charge in [-0.1, -0.05) is 18.2 Å². The molecule has 4 N–H and O–H groups in total. The molecule has 86 valence electrons. The van der Waals surface area contributed by atoms with Gasteiger partial charge in [0.25, 0.3) is 0 Å². The van der Waals surface area contributed by atoms with E-state index in [2.05, 4.69) is 11.4 Å². The summed E-state index contributed by atoms with van der Waals surface area (Å²) >= 11 is 0. The first-order valence-electron chi connectivity index (χ1n) is 5.51. The summed E-state index contributed by atoms with van der Waals surface area (Å²) in [6.07, 6.45) is 2.98. The molecule has 0 atom stereocenters. The maximum absolute atomic E-state index is 8.91. The van der Waals surface area contributed by atoms with E-state index in [1.807, 2.05) is 6.07 Å². The lowest BCUT2D eigenvalue weighted by atomic mass is 9.96. The van der Waals surface area contributed by atoms with Crippen LogP contribution in [0.15, 0.2) is 29.8 Å². The van der Waals surface area contributed by atoms with E-state index in [4.69, 9.17) is 16.4 Å². The van der Waals surface area contributed by atoms with Crippen molar-refractivity contribution in [2.75, 3.05) is 18.8 Å². The quantitative estimate of drug-likeness (QED) is 0.526. The average molecular weight is 226 g/mol. The van der Waals surface area contributed by atoms with Crippen molar-refractivity contribution in [3.8, 4) is 6.07 Å². The Morgan fingerprint density at radius 3 is 2.94 bits per heavy atom. The van der Waals surface area contributed by atoms with Gasteiger partial charge in [-0.25, -0.2) is 0 Å². The highest BCUT2D eigenvalue weighted by atomic mass is 14.9. The maximum atomic E-state index is 8.91. The maximum Gasteiger partial charge on any atom is 0.101 e. The first kappa shape index (κ1) is 11.4. The molecule has 2 rings (SSSR count). The predicted octanol–water partition coefficient (Wildman–Crippen LogP) is 1.43. The molecule has 0 amide bonds. The van der Waals surface area contributed by atoms with Crippen molar-refractivity contribution in [2.45, 2.75) is 6.42 Å². The Labute approximate surface area is 100 Å². The molecule has 0 spiro atoms. The summed E-state index contributed by atoms with van der Waals surface area (Å²) in [6.45, 7) is 1.64. The number of hydrogen-bond donors (Lipinski definition) is 3. The van der Waals surface area contributed by atoms with Gasteiger partial charge in [0, 0.05) is 12.1 Å². The van der Waals surface area contributed by atoms with Crippen LogP contribution in [0.4, 0.5) is 5.69 Å². The molecule has 0 aliphatic carbocycles. The molecule has 1 aromatic rings. The molecular formula is C13H14N4. The molecule has 17 heavy (non-hydrogen) atoms. The molecule has 0 bridgehead atoms. The molecule has 1 heterocycles. The van der Waals surface area contributed by atoms with Crippen molar-refractivity contribution in [3.63, 3.8) is 0 Å². The van der Waals surface area contributed by atoms with E-state index in [9.17, 15) is 0 Å². The Bertz CT molecular complexity index is 523. The molecule has 0 fully saturated rings. The molecule has 0 saturated heterocycles. The summed E-state index contributed by atoms with van der Waals surface area (Å²) in [5, 5.41) is 20.3. The molecule has 0 aromatic heterocycles. The Kier molecular flexibility index (Phi) is 3.22. The van der Waals surface area contributed by atoms with Gasteiger partial charge in [-0.3, -0.25) is 5.41 Å². The number of nitrogens with one attached hydrogen (secondary N) is 2. The van der Waals surface area contributed by atoms with Gasteiger partial charge in [-0.15, -0.1) is 0 Å². The Morgan fingerprint density at radius 1 is 1.47 bits per heavy atom. The van der Waals surface area contributed by atoms with Crippen molar-refractivity contribution in [2.24, 2.45) is 0 Å². The van der Waals surface area contributed by atoms with Gasteiger partial charge in [0.05, 0.1) is 17.0 Å². The van der Waals surface area contributed by atoms with Gasteiger partial charge in [0.15, 0.2) is 0 Å². The fourth-order valence-corrected chi connectivity index (χ4v) is 1.89. The minimum Gasteiger partial charge on any atom is -0.397 e. The minimum absolute atomic E-state index is 0.395. The van der Waals surface area contributed by atoms with Gasteiger partial charge in [0.1, 0.15) is 6.07 Å². The summed E-state index contributed by atoms with van der Waals surface area (Å²) in [4.78, 5) is 0. The third-order valence-corrected chi connectivity index (χ3v) is 2.84. The smallest absolute Gasteiger partial charge is 0.101 e. The number of nitrogens with zero attached hydrogens (tertiary/aromatic N) is 1. The second-order valence-electron chi connectivity index (χ2n) is 3.95. The summed E-state index contributed by atoms with van der Waals surface area (Å²) in [6, 6.07) is 7.25. The highest BCUT2D eigenvalue weighted by Gasteiger charge is 2.14. The molecule has 0 radical (unpaired) electrons. The lowest BCUT2D eigenvalue weighted by Crippen LogP contribution is -2.26. The molecule has 0 unspecified atom stereocenters. The predicted molar refractivity (Wildman–Crippen MR) is 68.0 cm³/mol. The van der Waals surface area contributed by atoms with Gasteiger partial charge in [0.2, 0.25) is 0 Å². The largest absolute Gasteiger partial charge is 0.397 e. The fraction of sp³-hybridized carbons (Fsp3) is 0.231. The third-order valence-electron chi connectivity index (χ3n) is 2.84. The van der Waals surface area contributed by atoms with Crippen LogP contribution in [-0.4, -0.2) is 18.8 Å². The van der Waals surface area contributed by atoms with Crippen molar-refractivity contribution >= 4 is 11.4 Å². The number of nitrogens with two attached hydrogens (primary N) is 1. The van der Waals surface area contributed by atoms with Crippen LogP contribution in [0.3, 0.4) is 0 Å². The van der Waals surface area contributed by atoms with Gasteiger partial charge < -0.3 is 11.1 Å². The molecule has 4 nitrogen and oxygen atoms in total. The van der Waals surface area contributed by atoms with Gasteiger partial charge in [-0.05, 0) is 24.6 Å². The Balaban J connectivity index is 2.38. The van der Waals surface area contributed by atoms with E-state index < -0.39 is 0 Å². The molecule has 1 aromatic carbocycles. The molecule has 4 heteroatoms. The summed E-state index contributed by atoms with van der Waals surface area (Å²) in [7, 11) is 0. The SMILES string of the molecule is N#Cc1cccc(C(=N)C2=CCCNC2)c1N. The van der Waals surface area contributed by atoms with Crippen LogP contribution in [0, 0.1) is 16.7 Å². The third kappa shape index (κ3) is 2.19. The fourth-order valence-electron chi connectivity index (χ4n) is 1.89. The van der Waals surface area contributed by atoms with Crippen molar-refractivity contribution in [3.05, 3.63) is 41.0 Å². The lowest BCUT2D eigenvalue weighted by molar-refractivity contribution is 0.716. The summed E-state index contributed by atoms with van der Waals surface area (Å²) < 4.78 is 0. The zero-order valence-corrected chi connectivity index (χ0v) is 9.46. The second kappa shape index (κ2) is 4.81. The number of nitriles is 1. The van der Waals surface area contributed by atoms with Crippen LogP contribution in [0.5, 0.6) is 0 Å². The van der Waals surface area contributed by atoms with Crippen LogP contribution >= 0.6 is 0 Å². The van der Waals surface area contributed by atoms with E-state index in [0.29, 0.717) is 29.1 Å². The Morgan fingerprint density at radius 2 is 2.29 bits per heavy atom. The highest BCUT2D eigenvalue weighted by molar-refractivity contribution is 6.14. The summed E-state index contributed by atoms with van der Waals surface area (Å²) in [5.74, 6) is 0. The molecule has 0 saturated carbocycles. The van der Waals surface area contributed by atoms with E-state index in [1.165, 1.54) is 0 Å². The number of hydrogen-bond acceptors (Lipinski definition) is 4. The van der Waals surface area contributed by atoms with Crippen molar-refractivity contribution < 1.29 is 0 Å². The van der Waals surface area contributed by atoms with Crippen LogP contribution in [0.1, 0.15) is 17.5 Å². The zero-order chi connectivity index (χ0) is 12.3. The van der Waals surface area contributed by atoms with Crippen molar-refractivity contribution in [1.29, 1.82) is 10.7 Å². The number of nitrogen functional groups attached to an aromatic ring is 1. The van der Waals surface area contributed by atoms with Crippen LogP contribution in [0.25, 0.3) is 0 Å². The van der Waals surface area contributed by atoms with Crippen LogP contribution < -0.4 is 11.1 Å². The molecule has 1 aliphatic heterocycles. The number of benzene rings is 1. The van der Waals surface area contributed by atoms with Crippen LogP contribution in [0.2, 0.25) is 0 Å². The monoisotopic (exact) mass is 226 g/mol. The highest BCUT2D eigenvalue weighted by Crippen LogP contribution is 2.20. The first-order valence-corrected chi connectivity index (χ1v) is 5.51. The standard InChI is InChI=1S/C13H14N4/c14-7-9-3-1-5-11(12(9)15)13(16)10-4-2-6-17-8-10/h1,3-5,16-17H,2,6,8,15H2. The lowest BCUT2D eigenvalue weighted by Gasteiger charge is -2.16. The van der Waals surface area contributed by atoms with E-state index >= 15 is 0 Å².